The molecule has 0 fully saturated rings. The Kier molecular flexibility index (Phi) is 6.69. The van der Waals surface area contributed by atoms with E-state index in [0.717, 1.165) is 0 Å². The minimum Gasteiger partial charge on any atom is -0.480 e. The zero-order valence-electron chi connectivity index (χ0n) is 9.60. The summed E-state index contributed by atoms with van der Waals surface area (Å²) in [7, 11) is -2.53. The van der Waals surface area contributed by atoms with E-state index in [9.17, 15) is 18.0 Å². The number of methoxy groups -OCH3 is 1. The summed E-state index contributed by atoms with van der Waals surface area (Å²) in [5, 5.41) is 10.8. The molecular weight excluding hydrogens is 252 g/mol. The van der Waals surface area contributed by atoms with Crippen molar-refractivity contribution in [1.29, 1.82) is 0 Å². The first-order valence-corrected chi connectivity index (χ1v) is 6.42. The highest BCUT2D eigenvalue weighted by molar-refractivity contribution is 7.90. The molecule has 0 aromatic heterocycles. The first-order valence-electron chi connectivity index (χ1n) is 4.77. The Balaban J connectivity index is 4.19. The highest BCUT2D eigenvalue weighted by Crippen LogP contribution is 1.90. The van der Waals surface area contributed by atoms with Crippen molar-refractivity contribution in [2.75, 3.05) is 26.0 Å². The lowest BCUT2D eigenvalue weighted by Gasteiger charge is -2.13. The van der Waals surface area contributed by atoms with Gasteiger partial charge in [-0.05, 0) is 6.92 Å². The molecule has 1 atom stereocenters. The number of carbonyl (C=O) groups is 2. The zero-order chi connectivity index (χ0) is 13.5. The van der Waals surface area contributed by atoms with E-state index in [1.807, 2.05) is 4.72 Å². The van der Waals surface area contributed by atoms with Crippen molar-refractivity contribution < 1.29 is 27.9 Å². The third kappa shape index (κ3) is 7.66. The Morgan fingerprint density at radius 1 is 1.41 bits per heavy atom. The summed E-state index contributed by atoms with van der Waals surface area (Å²) in [6, 6.07) is -1.03. The molecule has 8 nitrogen and oxygen atoms in total. The fourth-order valence-corrected chi connectivity index (χ4v) is 2.01. The summed E-state index contributed by atoms with van der Waals surface area (Å²) in [5.41, 5.74) is 0. The van der Waals surface area contributed by atoms with E-state index in [2.05, 4.69) is 5.32 Å². The monoisotopic (exact) mass is 268 g/mol. The Bertz CT molecular complexity index is 366. The van der Waals surface area contributed by atoms with E-state index >= 15 is 0 Å². The number of hydrogen-bond donors (Lipinski definition) is 3. The number of sulfonamides is 1. The first-order chi connectivity index (χ1) is 7.78. The summed E-state index contributed by atoms with van der Waals surface area (Å²) in [4.78, 5) is 21.6. The molecular formula is C8H16N2O6S. The molecule has 9 heteroatoms. The zero-order valence-corrected chi connectivity index (χ0v) is 10.4. The van der Waals surface area contributed by atoms with Gasteiger partial charge in [-0.1, -0.05) is 0 Å². The van der Waals surface area contributed by atoms with Crippen molar-refractivity contribution in [1.82, 2.24) is 10.0 Å². The lowest BCUT2D eigenvalue weighted by atomic mass is 10.3. The number of nitrogens with one attached hydrogen (secondary N) is 2. The van der Waals surface area contributed by atoms with Gasteiger partial charge in [-0.3, -0.25) is 9.59 Å². The second-order valence-electron chi connectivity index (χ2n) is 3.28. The van der Waals surface area contributed by atoms with Crippen LogP contribution in [0.15, 0.2) is 0 Å². The molecule has 1 unspecified atom stereocenters. The van der Waals surface area contributed by atoms with Crippen LogP contribution in [0.25, 0.3) is 0 Å². The molecule has 0 aromatic rings. The van der Waals surface area contributed by atoms with Gasteiger partial charge >= 0.3 is 5.97 Å². The van der Waals surface area contributed by atoms with E-state index in [0.29, 0.717) is 6.61 Å². The van der Waals surface area contributed by atoms with Gasteiger partial charge < -0.3 is 15.2 Å². The van der Waals surface area contributed by atoms with Crippen LogP contribution in [0.1, 0.15) is 6.92 Å². The van der Waals surface area contributed by atoms with E-state index < -0.39 is 33.7 Å². The highest BCUT2D eigenvalue weighted by Gasteiger charge is 2.22. The Morgan fingerprint density at radius 2 is 2.00 bits per heavy atom. The Morgan fingerprint density at radius 3 is 2.47 bits per heavy atom. The van der Waals surface area contributed by atoms with Gasteiger partial charge in [0, 0.05) is 13.7 Å². The standard InChI is InChI=1S/C8H16N2O6S/c1-6(8(13)9-3-4-16-2)10-17(14,15)5-7(11)12/h6,10H,3-5H2,1-2H3,(H,9,13)(H,11,12). The summed E-state index contributed by atoms with van der Waals surface area (Å²) in [6.07, 6.45) is 0. The molecule has 0 heterocycles. The Hall–Kier alpha value is -1.19. The lowest BCUT2D eigenvalue weighted by Crippen LogP contribution is -2.46. The summed E-state index contributed by atoms with van der Waals surface area (Å²) in [6.45, 7) is 1.88. The fourth-order valence-electron chi connectivity index (χ4n) is 0.956. The maximum absolute atomic E-state index is 11.3. The van der Waals surface area contributed by atoms with Gasteiger partial charge in [0.05, 0.1) is 12.6 Å². The number of hydrogen-bond acceptors (Lipinski definition) is 5. The predicted octanol–water partition coefficient (Wildman–Crippen LogP) is -1.86. The summed E-state index contributed by atoms with van der Waals surface area (Å²) >= 11 is 0. The van der Waals surface area contributed by atoms with Crippen molar-refractivity contribution in [2.45, 2.75) is 13.0 Å². The average molecular weight is 268 g/mol. The normalized spacial score (nSPS) is 13.1. The van der Waals surface area contributed by atoms with E-state index in [4.69, 9.17) is 9.84 Å². The van der Waals surface area contributed by atoms with Crippen LogP contribution in [-0.4, -0.2) is 57.5 Å². The van der Waals surface area contributed by atoms with Crippen LogP contribution in [0.2, 0.25) is 0 Å². The highest BCUT2D eigenvalue weighted by atomic mass is 32.2. The summed E-state index contributed by atoms with van der Waals surface area (Å²) in [5.74, 6) is -3.09. The number of ether oxygens (including phenoxy) is 1. The third-order valence-corrected chi connectivity index (χ3v) is 3.01. The maximum atomic E-state index is 11.3. The molecule has 100 valence electrons. The SMILES string of the molecule is COCCNC(=O)C(C)NS(=O)(=O)CC(=O)O. The average Bonchev–Trinajstić information content (AvgIpc) is 2.14. The quantitative estimate of drug-likeness (QED) is 0.444. The molecule has 0 bridgehead atoms. The van der Waals surface area contributed by atoms with E-state index in [1.165, 1.54) is 14.0 Å². The van der Waals surface area contributed by atoms with E-state index in [1.54, 1.807) is 0 Å². The smallest absolute Gasteiger partial charge is 0.320 e. The van der Waals surface area contributed by atoms with Gasteiger partial charge in [-0.2, -0.15) is 0 Å². The minimum absolute atomic E-state index is 0.250. The summed E-state index contributed by atoms with van der Waals surface area (Å²) < 4.78 is 29.0. The number of carbonyl (C=O) groups excluding carboxylic acids is 1. The topological polar surface area (TPSA) is 122 Å². The lowest BCUT2D eigenvalue weighted by molar-refractivity contribution is -0.134. The molecule has 17 heavy (non-hydrogen) atoms. The molecule has 0 aliphatic carbocycles. The van der Waals surface area contributed by atoms with Crippen molar-refractivity contribution >= 4 is 21.9 Å². The van der Waals surface area contributed by atoms with Crippen LogP contribution in [0.5, 0.6) is 0 Å². The third-order valence-electron chi connectivity index (χ3n) is 1.67. The second kappa shape index (κ2) is 7.20. The van der Waals surface area contributed by atoms with Gasteiger partial charge in [-0.15, -0.1) is 0 Å². The predicted molar refractivity (Wildman–Crippen MR) is 58.9 cm³/mol. The molecule has 3 N–H and O–H groups in total. The molecule has 1 amide bonds. The molecule has 0 aliphatic heterocycles. The van der Waals surface area contributed by atoms with Gasteiger partial charge in [-0.25, -0.2) is 13.1 Å². The van der Waals surface area contributed by atoms with Crippen molar-refractivity contribution in [3.8, 4) is 0 Å². The van der Waals surface area contributed by atoms with Gasteiger partial charge in [0.15, 0.2) is 5.75 Å². The van der Waals surface area contributed by atoms with Gasteiger partial charge in [0.25, 0.3) is 0 Å². The van der Waals surface area contributed by atoms with Crippen LogP contribution < -0.4 is 10.0 Å². The molecule has 0 spiro atoms. The van der Waals surface area contributed by atoms with Crippen molar-refractivity contribution in [2.24, 2.45) is 0 Å². The maximum Gasteiger partial charge on any atom is 0.320 e. The number of rotatable bonds is 8. The molecule has 0 aromatic carbocycles. The van der Waals surface area contributed by atoms with Gasteiger partial charge in [0.1, 0.15) is 0 Å². The number of carboxylic acids is 1. The minimum atomic E-state index is -4.00. The molecule has 0 saturated carbocycles. The Labute approximate surface area is 99.4 Å². The van der Waals surface area contributed by atoms with E-state index in [-0.39, 0.29) is 6.54 Å². The van der Waals surface area contributed by atoms with Crippen LogP contribution in [0, 0.1) is 0 Å². The molecule has 0 aliphatic rings. The van der Waals surface area contributed by atoms with Crippen LogP contribution >= 0.6 is 0 Å². The molecule has 0 rings (SSSR count). The van der Waals surface area contributed by atoms with Crippen LogP contribution in [-0.2, 0) is 24.3 Å². The number of aliphatic carboxylic acids is 1. The van der Waals surface area contributed by atoms with Crippen molar-refractivity contribution in [3.05, 3.63) is 0 Å². The number of amides is 1. The van der Waals surface area contributed by atoms with Crippen LogP contribution in [0.3, 0.4) is 0 Å². The van der Waals surface area contributed by atoms with Gasteiger partial charge in [0.2, 0.25) is 15.9 Å². The van der Waals surface area contributed by atoms with Crippen molar-refractivity contribution in [3.63, 3.8) is 0 Å². The fraction of sp³-hybridized carbons (Fsp3) is 0.750. The number of carboxylic acid groups (broad SMARTS) is 1. The largest absolute Gasteiger partial charge is 0.480 e. The molecule has 0 saturated heterocycles. The van der Waals surface area contributed by atoms with Crippen LogP contribution in [0.4, 0.5) is 0 Å². The molecule has 0 radical (unpaired) electrons. The second-order valence-corrected chi connectivity index (χ2v) is 5.03. The first kappa shape index (κ1) is 15.8.